The van der Waals surface area contributed by atoms with E-state index in [1.807, 2.05) is 54.6 Å². The Bertz CT molecular complexity index is 1470. The number of hydrogen-bond acceptors (Lipinski definition) is 2. The Morgan fingerprint density at radius 3 is 1.62 bits per heavy atom. The van der Waals surface area contributed by atoms with Crippen LogP contribution in [0.5, 0.6) is 0 Å². The summed E-state index contributed by atoms with van der Waals surface area (Å²) in [7, 11) is 0. The summed E-state index contributed by atoms with van der Waals surface area (Å²) in [6.45, 7) is 0. The van der Waals surface area contributed by atoms with Crippen LogP contribution in [0.3, 0.4) is 0 Å². The van der Waals surface area contributed by atoms with E-state index in [2.05, 4.69) is 66.7 Å². The average molecular weight is 441 g/mol. The van der Waals surface area contributed by atoms with Crippen LogP contribution in [0.4, 0.5) is 0 Å². The van der Waals surface area contributed by atoms with Gasteiger partial charge in [0.2, 0.25) is 0 Å². The predicted molar refractivity (Wildman–Crippen MR) is 137 cm³/mol. The van der Waals surface area contributed by atoms with Gasteiger partial charge in [0.15, 0.2) is 0 Å². The number of rotatable bonds is 3. The van der Waals surface area contributed by atoms with Gasteiger partial charge in [0.05, 0.1) is 0 Å². The van der Waals surface area contributed by atoms with Gasteiger partial charge in [-0.25, -0.2) is 0 Å². The zero-order chi connectivity index (χ0) is 23.1. The third-order valence-electron chi connectivity index (χ3n) is 6.79. The van der Waals surface area contributed by atoms with Crippen molar-refractivity contribution < 1.29 is 10.2 Å². The minimum atomic E-state index is -0.792. The van der Waals surface area contributed by atoms with Crippen molar-refractivity contribution in [2.45, 2.75) is 12.2 Å². The van der Waals surface area contributed by atoms with Crippen LogP contribution in [0, 0.1) is 0 Å². The molecule has 0 radical (unpaired) electrons. The van der Waals surface area contributed by atoms with Crippen LogP contribution in [0.1, 0.15) is 34.5 Å². The lowest BCUT2D eigenvalue weighted by molar-refractivity contribution is 0.174. The van der Waals surface area contributed by atoms with E-state index in [-0.39, 0.29) is 0 Å². The summed E-state index contributed by atoms with van der Waals surface area (Å²) >= 11 is 0. The van der Waals surface area contributed by atoms with Crippen molar-refractivity contribution in [1.29, 1.82) is 0 Å². The highest BCUT2D eigenvalue weighted by molar-refractivity contribution is 5.88. The lowest BCUT2D eigenvalue weighted by atomic mass is 9.78. The largest absolute Gasteiger partial charge is 0.384 e. The third-order valence-corrected chi connectivity index (χ3v) is 6.79. The lowest BCUT2D eigenvalue weighted by Gasteiger charge is -2.31. The van der Waals surface area contributed by atoms with E-state index in [0.717, 1.165) is 55.6 Å². The standard InChI is InChI=1S/C32H24O2/c33-31-26-14-7-8-15-27(26)32(34)30-25(16-9-17-28(30)31)23-18-19-24(21-10-3-1-4-11-21)29(20-23)22-12-5-2-6-13-22/h1-20,31-34H. The fraction of sp³-hybridized carbons (Fsp3) is 0.0625. The van der Waals surface area contributed by atoms with E-state index in [0.29, 0.717) is 0 Å². The first kappa shape index (κ1) is 20.6. The average Bonchev–Trinajstić information content (AvgIpc) is 2.92. The van der Waals surface area contributed by atoms with Gasteiger partial charge in [-0.15, -0.1) is 0 Å². The molecule has 0 bridgehead atoms. The van der Waals surface area contributed by atoms with Crippen LogP contribution in [0.2, 0.25) is 0 Å². The number of benzene rings is 5. The maximum Gasteiger partial charge on any atom is 0.105 e. The van der Waals surface area contributed by atoms with Gasteiger partial charge in [-0.2, -0.15) is 0 Å². The molecule has 0 amide bonds. The molecule has 0 spiro atoms. The monoisotopic (exact) mass is 440 g/mol. The predicted octanol–water partition coefficient (Wildman–Crippen LogP) is 7.16. The van der Waals surface area contributed by atoms with Crippen LogP contribution in [0.25, 0.3) is 33.4 Å². The van der Waals surface area contributed by atoms with Gasteiger partial charge in [-0.05, 0) is 61.7 Å². The second-order valence-electron chi connectivity index (χ2n) is 8.73. The SMILES string of the molecule is OC1c2ccccc2C(O)c2c(-c3ccc(-c4ccccc4)c(-c4ccccc4)c3)cccc21. The summed E-state index contributed by atoms with van der Waals surface area (Å²) in [5.41, 5.74) is 9.61. The molecule has 0 fully saturated rings. The smallest absolute Gasteiger partial charge is 0.105 e. The fourth-order valence-electron chi connectivity index (χ4n) is 5.15. The molecule has 0 saturated carbocycles. The van der Waals surface area contributed by atoms with Crippen molar-refractivity contribution in [1.82, 2.24) is 0 Å². The Morgan fingerprint density at radius 2 is 0.941 bits per heavy atom. The molecule has 2 heteroatoms. The highest BCUT2D eigenvalue weighted by Crippen LogP contribution is 2.46. The summed E-state index contributed by atoms with van der Waals surface area (Å²) < 4.78 is 0. The van der Waals surface area contributed by atoms with Crippen LogP contribution >= 0.6 is 0 Å². The molecule has 0 saturated heterocycles. The quantitative estimate of drug-likeness (QED) is 0.312. The van der Waals surface area contributed by atoms with Crippen molar-refractivity contribution in [3.8, 4) is 33.4 Å². The van der Waals surface area contributed by atoms with E-state index < -0.39 is 12.2 Å². The minimum Gasteiger partial charge on any atom is -0.384 e. The Kier molecular flexibility index (Phi) is 5.10. The van der Waals surface area contributed by atoms with E-state index in [1.165, 1.54) is 0 Å². The molecule has 1 aliphatic rings. The van der Waals surface area contributed by atoms with Crippen molar-refractivity contribution in [2.24, 2.45) is 0 Å². The third kappa shape index (κ3) is 3.36. The van der Waals surface area contributed by atoms with E-state index in [4.69, 9.17) is 0 Å². The molecule has 5 aromatic carbocycles. The molecule has 2 unspecified atom stereocenters. The molecule has 2 nitrogen and oxygen atoms in total. The first-order valence-corrected chi connectivity index (χ1v) is 11.6. The lowest BCUT2D eigenvalue weighted by Crippen LogP contribution is -2.18. The summed E-state index contributed by atoms with van der Waals surface area (Å²) in [4.78, 5) is 0. The van der Waals surface area contributed by atoms with Crippen molar-refractivity contribution >= 4 is 0 Å². The number of aliphatic hydroxyl groups excluding tert-OH is 2. The molecule has 0 aliphatic heterocycles. The Morgan fingerprint density at radius 1 is 0.382 bits per heavy atom. The molecule has 6 rings (SSSR count). The van der Waals surface area contributed by atoms with E-state index >= 15 is 0 Å². The number of hydrogen-bond donors (Lipinski definition) is 2. The number of fused-ring (bicyclic) bond motifs is 2. The second-order valence-corrected chi connectivity index (χ2v) is 8.73. The van der Waals surface area contributed by atoms with Crippen LogP contribution < -0.4 is 0 Å². The van der Waals surface area contributed by atoms with Crippen molar-refractivity contribution in [3.63, 3.8) is 0 Å². The topological polar surface area (TPSA) is 40.5 Å². The van der Waals surface area contributed by atoms with Gasteiger partial charge in [0, 0.05) is 0 Å². The molecule has 5 aromatic rings. The van der Waals surface area contributed by atoms with E-state index in [9.17, 15) is 10.2 Å². The molecular formula is C32H24O2. The van der Waals surface area contributed by atoms with Crippen molar-refractivity contribution in [3.05, 3.63) is 144 Å². The molecule has 0 aromatic heterocycles. The molecule has 0 heterocycles. The highest BCUT2D eigenvalue weighted by Gasteiger charge is 2.32. The van der Waals surface area contributed by atoms with E-state index in [1.54, 1.807) is 0 Å². The van der Waals surface area contributed by atoms with Gasteiger partial charge in [0.25, 0.3) is 0 Å². The number of aliphatic hydroxyl groups is 2. The second kappa shape index (κ2) is 8.42. The summed E-state index contributed by atoms with van der Waals surface area (Å²) in [5, 5.41) is 22.5. The summed E-state index contributed by atoms with van der Waals surface area (Å²) in [6.07, 6.45) is -1.55. The van der Waals surface area contributed by atoms with Crippen molar-refractivity contribution in [2.75, 3.05) is 0 Å². The molecule has 2 N–H and O–H groups in total. The fourth-order valence-corrected chi connectivity index (χ4v) is 5.15. The van der Waals surface area contributed by atoms with Crippen LogP contribution in [-0.2, 0) is 0 Å². The Balaban J connectivity index is 1.56. The first-order valence-electron chi connectivity index (χ1n) is 11.6. The zero-order valence-electron chi connectivity index (χ0n) is 18.6. The van der Waals surface area contributed by atoms with Gasteiger partial charge in [-0.1, -0.05) is 115 Å². The zero-order valence-corrected chi connectivity index (χ0v) is 18.6. The Hall–Kier alpha value is -3.98. The maximum absolute atomic E-state index is 11.4. The van der Waals surface area contributed by atoms with Gasteiger partial charge >= 0.3 is 0 Å². The highest BCUT2D eigenvalue weighted by atomic mass is 16.3. The van der Waals surface area contributed by atoms with Crippen LogP contribution in [0.15, 0.2) is 121 Å². The molecule has 164 valence electrons. The molecule has 34 heavy (non-hydrogen) atoms. The van der Waals surface area contributed by atoms with Gasteiger partial charge in [0.1, 0.15) is 12.2 Å². The van der Waals surface area contributed by atoms with Crippen LogP contribution in [-0.4, -0.2) is 10.2 Å². The molecule has 1 aliphatic carbocycles. The normalized spacial score (nSPS) is 16.5. The van der Waals surface area contributed by atoms with Gasteiger partial charge < -0.3 is 10.2 Å². The molecular weight excluding hydrogens is 416 g/mol. The Labute approximate surface area is 199 Å². The van der Waals surface area contributed by atoms with Gasteiger partial charge in [-0.3, -0.25) is 0 Å². The summed E-state index contributed by atoms with van der Waals surface area (Å²) in [5.74, 6) is 0. The first-order chi connectivity index (χ1) is 16.7. The molecule has 2 atom stereocenters. The summed E-state index contributed by atoms with van der Waals surface area (Å²) in [6, 6.07) is 40.8. The maximum atomic E-state index is 11.4. The minimum absolute atomic E-state index is 0.758.